The zero-order valence-electron chi connectivity index (χ0n) is 21.6. The van der Waals surface area contributed by atoms with Crippen molar-refractivity contribution >= 4 is 23.7 Å². The molecule has 0 radical (unpaired) electrons. The quantitative estimate of drug-likeness (QED) is 0.205. The van der Waals surface area contributed by atoms with E-state index in [0.717, 1.165) is 11.1 Å². The van der Waals surface area contributed by atoms with E-state index in [1.54, 1.807) is 12.1 Å². The lowest BCUT2D eigenvalue weighted by molar-refractivity contribution is -0.156. The highest BCUT2D eigenvalue weighted by Gasteiger charge is 2.39. The predicted octanol–water partition coefficient (Wildman–Crippen LogP) is 1.58. The highest BCUT2D eigenvalue weighted by atomic mass is 16.6. The zero-order chi connectivity index (χ0) is 26.8. The first kappa shape index (κ1) is 28.3. The van der Waals surface area contributed by atoms with Crippen molar-refractivity contribution in [3.8, 4) is 11.8 Å². The van der Waals surface area contributed by atoms with E-state index in [2.05, 4.69) is 17.2 Å². The van der Waals surface area contributed by atoms with Crippen LogP contribution < -0.4 is 5.32 Å². The summed E-state index contributed by atoms with van der Waals surface area (Å²) in [5.74, 6) is 4.73. The average molecular weight is 515 g/mol. The second-order valence-electron chi connectivity index (χ2n) is 9.69. The molecule has 1 unspecified atom stereocenters. The Labute approximate surface area is 216 Å². The fourth-order valence-corrected chi connectivity index (χ4v) is 3.90. The maximum Gasteiger partial charge on any atom is 0.308 e. The van der Waals surface area contributed by atoms with Gasteiger partial charge in [-0.2, -0.15) is 0 Å². The average Bonchev–Trinajstić information content (AvgIpc) is 3.14. The first-order chi connectivity index (χ1) is 17.6. The molecule has 0 bridgehead atoms. The Bertz CT molecular complexity index is 1070. The molecule has 37 heavy (non-hydrogen) atoms. The number of nitrogens with one attached hydrogen (secondary N) is 1. The van der Waals surface area contributed by atoms with Gasteiger partial charge in [0, 0.05) is 24.1 Å². The van der Waals surface area contributed by atoms with Gasteiger partial charge in [-0.1, -0.05) is 11.8 Å². The summed E-state index contributed by atoms with van der Waals surface area (Å²) in [7, 11) is 0. The van der Waals surface area contributed by atoms with Crippen LogP contribution in [-0.4, -0.2) is 79.9 Å². The molecule has 3 amide bonds. The number of rotatable bonds is 11. The number of nitrogens with zero attached hydrogens (tertiary/aromatic N) is 1. The SMILES string of the molecule is CC(C)(C)OC(=O)CCOCCOCCOCC#Cc1ccc2c(c1)CN(C1CCC(=O)NC1=O)C2=O. The third-order valence-corrected chi connectivity index (χ3v) is 5.55. The molecular formula is C27H34N2O8. The van der Waals surface area contributed by atoms with Crippen molar-refractivity contribution in [2.45, 2.75) is 58.2 Å². The minimum Gasteiger partial charge on any atom is -0.460 e. The van der Waals surface area contributed by atoms with Crippen molar-refractivity contribution in [2.75, 3.05) is 39.6 Å². The van der Waals surface area contributed by atoms with Gasteiger partial charge >= 0.3 is 5.97 Å². The summed E-state index contributed by atoms with van der Waals surface area (Å²) in [6, 6.07) is 4.70. The van der Waals surface area contributed by atoms with Crippen LogP contribution in [0.2, 0.25) is 0 Å². The Kier molecular flexibility index (Phi) is 10.2. The number of hydrogen-bond acceptors (Lipinski definition) is 8. The van der Waals surface area contributed by atoms with Crippen molar-refractivity contribution in [3.05, 3.63) is 34.9 Å². The Morgan fingerprint density at radius 1 is 1.05 bits per heavy atom. The van der Waals surface area contributed by atoms with E-state index in [1.807, 2.05) is 26.8 Å². The Morgan fingerprint density at radius 3 is 2.46 bits per heavy atom. The Hall–Kier alpha value is -3.26. The number of esters is 1. The van der Waals surface area contributed by atoms with Crippen LogP contribution in [0.5, 0.6) is 0 Å². The number of ether oxygens (including phenoxy) is 4. The van der Waals surface area contributed by atoms with Crippen molar-refractivity contribution in [3.63, 3.8) is 0 Å². The molecule has 0 saturated carbocycles. The maximum atomic E-state index is 12.7. The molecule has 0 aromatic heterocycles. The summed E-state index contributed by atoms with van der Waals surface area (Å²) in [5.41, 5.74) is 1.62. The second-order valence-corrected chi connectivity index (χ2v) is 9.69. The van der Waals surface area contributed by atoms with Gasteiger partial charge in [-0.15, -0.1) is 0 Å². The number of hydrogen-bond donors (Lipinski definition) is 1. The number of carbonyl (C=O) groups excluding carboxylic acids is 4. The van der Waals surface area contributed by atoms with Crippen LogP contribution in [-0.2, 0) is 39.9 Å². The molecule has 1 fully saturated rings. The van der Waals surface area contributed by atoms with E-state index < -0.39 is 17.6 Å². The third kappa shape index (κ3) is 8.97. The van der Waals surface area contributed by atoms with Crippen LogP contribution in [0.3, 0.4) is 0 Å². The molecule has 0 aliphatic carbocycles. The van der Waals surface area contributed by atoms with Gasteiger partial charge < -0.3 is 23.8 Å². The molecule has 10 nitrogen and oxygen atoms in total. The van der Waals surface area contributed by atoms with Gasteiger partial charge in [0.2, 0.25) is 11.8 Å². The third-order valence-electron chi connectivity index (χ3n) is 5.55. The van der Waals surface area contributed by atoms with E-state index in [9.17, 15) is 19.2 Å². The molecule has 3 rings (SSSR count). The summed E-state index contributed by atoms with van der Waals surface area (Å²) < 4.78 is 21.4. The Balaban J connectivity index is 1.28. The van der Waals surface area contributed by atoms with Gasteiger partial charge in [0.05, 0.1) is 39.5 Å². The molecule has 1 saturated heterocycles. The van der Waals surface area contributed by atoms with E-state index in [-0.39, 0.29) is 43.8 Å². The smallest absolute Gasteiger partial charge is 0.308 e. The van der Waals surface area contributed by atoms with Gasteiger partial charge in [-0.05, 0) is 51.0 Å². The summed E-state index contributed by atoms with van der Waals surface area (Å²) in [4.78, 5) is 49.4. The van der Waals surface area contributed by atoms with Crippen LogP contribution in [0.4, 0.5) is 0 Å². The summed E-state index contributed by atoms with van der Waals surface area (Å²) in [6.07, 6.45) is 0.763. The van der Waals surface area contributed by atoms with Crippen molar-refractivity contribution < 1.29 is 38.1 Å². The largest absolute Gasteiger partial charge is 0.460 e. The predicted molar refractivity (Wildman–Crippen MR) is 132 cm³/mol. The minimum absolute atomic E-state index is 0.206. The van der Waals surface area contributed by atoms with E-state index in [4.69, 9.17) is 18.9 Å². The van der Waals surface area contributed by atoms with Gasteiger partial charge in [-0.3, -0.25) is 24.5 Å². The highest BCUT2D eigenvalue weighted by molar-refractivity contribution is 6.05. The van der Waals surface area contributed by atoms with Gasteiger partial charge in [0.1, 0.15) is 18.2 Å². The topological polar surface area (TPSA) is 120 Å². The number of piperidine rings is 1. The number of imide groups is 1. The Morgan fingerprint density at radius 2 is 1.76 bits per heavy atom. The minimum atomic E-state index is -0.633. The van der Waals surface area contributed by atoms with Crippen LogP contribution in [0.25, 0.3) is 0 Å². The molecule has 2 aliphatic rings. The lowest BCUT2D eigenvalue weighted by Crippen LogP contribution is -2.52. The fraction of sp³-hybridized carbons (Fsp3) is 0.556. The van der Waals surface area contributed by atoms with E-state index >= 15 is 0 Å². The lowest BCUT2D eigenvalue weighted by atomic mass is 10.0. The standard InChI is InChI=1S/C27H34N2O8/c1-27(2,3)37-24(31)10-12-35-14-16-36-15-13-34-11-4-5-19-6-7-21-20(17-19)18-29(26(21)33)22-8-9-23(30)28-25(22)32/h6-7,17,22H,8-16,18H2,1-3H3,(H,28,30,32). The van der Waals surface area contributed by atoms with Gasteiger partial charge in [0.25, 0.3) is 5.91 Å². The molecule has 1 N–H and O–H groups in total. The summed E-state index contributed by atoms with van der Waals surface area (Å²) in [5, 5.41) is 2.30. The van der Waals surface area contributed by atoms with Crippen LogP contribution >= 0.6 is 0 Å². The number of carbonyl (C=O) groups is 4. The maximum absolute atomic E-state index is 12.7. The normalized spacial score (nSPS) is 17.2. The molecule has 1 atom stereocenters. The first-order valence-electron chi connectivity index (χ1n) is 12.4. The number of amides is 3. The first-order valence-corrected chi connectivity index (χ1v) is 12.4. The zero-order valence-corrected chi connectivity index (χ0v) is 21.6. The molecule has 1 aromatic rings. The lowest BCUT2D eigenvalue weighted by Gasteiger charge is -2.29. The highest BCUT2D eigenvalue weighted by Crippen LogP contribution is 2.28. The van der Waals surface area contributed by atoms with Crippen LogP contribution in [0.1, 0.15) is 61.5 Å². The summed E-state index contributed by atoms with van der Waals surface area (Å²) >= 11 is 0. The van der Waals surface area contributed by atoms with E-state index in [1.165, 1.54) is 4.90 Å². The molecule has 0 spiro atoms. The van der Waals surface area contributed by atoms with Gasteiger partial charge in [0.15, 0.2) is 0 Å². The second kappa shape index (κ2) is 13.3. The molecule has 200 valence electrons. The molecule has 10 heteroatoms. The van der Waals surface area contributed by atoms with Crippen molar-refractivity contribution in [1.29, 1.82) is 0 Å². The van der Waals surface area contributed by atoms with Crippen molar-refractivity contribution in [1.82, 2.24) is 10.2 Å². The van der Waals surface area contributed by atoms with Crippen LogP contribution in [0, 0.1) is 11.8 Å². The van der Waals surface area contributed by atoms with Crippen molar-refractivity contribution in [2.24, 2.45) is 0 Å². The molecule has 1 aromatic carbocycles. The number of fused-ring (bicyclic) bond motifs is 1. The summed E-state index contributed by atoms with van der Waals surface area (Å²) in [6.45, 7) is 7.85. The molecule has 2 heterocycles. The number of benzene rings is 1. The monoisotopic (exact) mass is 514 g/mol. The van der Waals surface area contributed by atoms with Crippen LogP contribution in [0.15, 0.2) is 18.2 Å². The van der Waals surface area contributed by atoms with E-state index in [0.29, 0.717) is 45.0 Å². The van der Waals surface area contributed by atoms with Gasteiger partial charge in [-0.25, -0.2) is 0 Å². The molecule has 2 aliphatic heterocycles. The molecular weight excluding hydrogens is 480 g/mol. The fourth-order valence-electron chi connectivity index (χ4n) is 3.90.